The summed E-state index contributed by atoms with van der Waals surface area (Å²) in [6, 6.07) is 0. The molecular weight excluding hydrogens is 180 g/mol. The molecule has 0 heterocycles. The van der Waals surface area contributed by atoms with Gasteiger partial charge in [0.15, 0.2) is 0 Å². The van der Waals surface area contributed by atoms with Gasteiger partial charge in [0.25, 0.3) is 0 Å². The molecule has 0 saturated heterocycles. The van der Waals surface area contributed by atoms with Crippen LogP contribution < -0.4 is 0 Å². The van der Waals surface area contributed by atoms with Gasteiger partial charge in [0, 0.05) is 6.42 Å². The summed E-state index contributed by atoms with van der Waals surface area (Å²) < 4.78 is 0. The van der Waals surface area contributed by atoms with Crippen molar-refractivity contribution in [2.24, 2.45) is 5.92 Å². The molecule has 0 amide bonds. The van der Waals surface area contributed by atoms with Gasteiger partial charge in [-0.25, -0.2) is 0 Å². The zero-order valence-electron chi connectivity index (χ0n) is 9.79. The van der Waals surface area contributed by atoms with E-state index in [1.165, 1.54) is 0 Å². The Kier molecular flexibility index (Phi) is 11.9. The highest BCUT2D eigenvalue weighted by atomic mass is 16.4. The zero-order valence-corrected chi connectivity index (χ0v) is 9.79. The molecule has 0 fully saturated rings. The molecule has 0 aromatic carbocycles. The summed E-state index contributed by atoms with van der Waals surface area (Å²) in [5.74, 6) is -0.275. The Hall–Kier alpha value is -0.570. The van der Waals surface area contributed by atoms with Crippen LogP contribution in [0.3, 0.4) is 0 Å². The van der Waals surface area contributed by atoms with E-state index in [0.29, 0.717) is 12.3 Å². The number of unbranched alkanes of at least 4 members (excludes halogenated alkanes) is 2. The van der Waals surface area contributed by atoms with Crippen molar-refractivity contribution in [1.82, 2.24) is 0 Å². The van der Waals surface area contributed by atoms with Crippen molar-refractivity contribution >= 4 is 5.97 Å². The Labute approximate surface area is 87.1 Å². The van der Waals surface area contributed by atoms with E-state index in [2.05, 4.69) is 6.92 Å². The third kappa shape index (κ3) is 17.5. The maximum atomic E-state index is 9.87. The molecule has 3 heteroatoms. The van der Waals surface area contributed by atoms with Gasteiger partial charge in [0.1, 0.15) is 0 Å². The van der Waals surface area contributed by atoms with E-state index in [9.17, 15) is 4.79 Å². The third-order valence-electron chi connectivity index (χ3n) is 1.96. The highest BCUT2D eigenvalue weighted by Gasteiger charge is 1.97. The van der Waals surface area contributed by atoms with Crippen LogP contribution in [0.5, 0.6) is 0 Å². The maximum Gasteiger partial charge on any atom is 0.303 e. The summed E-state index contributed by atoms with van der Waals surface area (Å²) >= 11 is 0. The third-order valence-corrected chi connectivity index (χ3v) is 1.96. The van der Waals surface area contributed by atoms with Crippen molar-refractivity contribution in [2.45, 2.75) is 59.5 Å². The second-order valence-electron chi connectivity index (χ2n) is 3.84. The van der Waals surface area contributed by atoms with Crippen molar-refractivity contribution in [2.75, 3.05) is 0 Å². The summed E-state index contributed by atoms with van der Waals surface area (Å²) in [5.41, 5.74) is 0. The van der Waals surface area contributed by atoms with Crippen LogP contribution in [0.2, 0.25) is 0 Å². The van der Waals surface area contributed by atoms with Gasteiger partial charge in [-0.1, -0.05) is 33.6 Å². The molecule has 1 atom stereocenters. The molecule has 0 saturated carbocycles. The molecule has 0 aliphatic heterocycles. The predicted octanol–water partition coefficient (Wildman–Crippen LogP) is 2.67. The Morgan fingerprint density at radius 2 is 1.64 bits per heavy atom. The van der Waals surface area contributed by atoms with Gasteiger partial charge in [-0.3, -0.25) is 4.79 Å². The second kappa shape index (κ2) is 10.5. The molecule has 0 aliphatic rings. The number of aliphatic hydroxyl groups excluding tert-OH is 1. The van der Waals surface area contributed by atoms with Gasteiger partial charge in [-0.2, -0.15) is 0 Å². The van der Waals surface area contributed by atoms with Gasteiger partial charge < -0.3 is 10.2 Å². The molecule has 0 aromatic rings. The van der Waals surface area contributed by atoms with E-state index in [4.69, 9.17) is 10.2 Å². The molecule has 86 valence electrons. The summed E-state index contributed by atoms with van der Waals surface area (Å²) in [4.78, 5) is 9.87. The van der Waals surface area contributed by atoms with E-state index in [1.54, 1.807) is 6.92 Å². The molecule has 0 rings (SSSR count). The Balaban J connectivity index is 0. The van der Waals surface area contributed by atoms with Crippen LogP contribution in [0.25, 0.3) is 0 Å². The average Bonchev–Trinajstić information content (AvgIpc) is 2.05. The molecule has 14 heavy (non-hydrogen) atoms. The second-order valence-corrected chi connectivity index (χ2v) is 3.84. The van der Waals surface area contributed by atoms with E-state index in [-0.39, 0.29) is 6.10 Å². The first-order chi connectivity index (χ1) is 6.41. The number of carbonyl (C=O) groups is 1. The first-order valence-corrected chi connectivity index (χ1v) is 5.31. The molecule has 0 radical (unpaired) electrons. The monoisotopic (exact) mass is 204 g/mol. The van der Waals surface area contributed by atoms with Gasteiger partial charge in [0.2, 0.25) is 0 Å². The molecule has 0 aromatic heterocycles. The minimum Gasteiger partial charge on any atom is -0.481 e. The summed E-state index contributed by atoms with van der Waals surface area (Å²) in [5, 5.41) is 16.8. The number of hydrogen-bond donors (Lipinski definition) is 2. The Bertz CT molecular complexity index is 124. The van der Waals surface area contributed by atoms with Crippen LogP contribution in [-0.2, 0) is 4.79 Å². The fourth-order valence-corrected chi connectivity index (χ4v) is 0.526. The molecule has 2 N–H and O–H groups in total. The summed E-state index contributed by atoms with van der Waals surface area (Å²) in [7, 11) is 0. The Morgan fingerprint density at radius 1 is 1.21 bits per heavy atom. The van der Waals surface area contributed by atoms with E-state index in [1.807, 2.05) is 13.8 Å². The molecule has 0 aliphatic carbocycles. The van der Waals surface area contributed by atoms with E-state index < -0.39 is 5.97 Å². The number of carboxylic acid groups (broad SMARTS) is 1. The van der Waals surface area contributed by atoms with Crippen molar-refractivity contribution in [3.63, 3.8) is 0 Å². The fraction of sp³-hybridized carbons (Fsp3) is 0.909. The van der Waals surface area contributed by atoms with Gasteiger partial charge in [-0.05, 0) is 19.3 Å². The first-order valence-electron chi connectivity index (χ1n) is 5.31. The van der Waals surface area contributed by atoms with Crippen LogP contribution in [0.15, 0.2) is 0 Å². The number of aliphatic hydroxyl groups is 1. The lowest BCUT2D eigenvalue weighted by Gasteiger charge is -2.04. The fourth-order valence-electron chi connectivity index (χ4n) is 0.526. The zero-order chi connectivity index (χ0) is 11.6. The summed E-state index contributed by atoms with van der Waals surface area (Å²) in [6.07, 6.45) is 3.13. The largest absolute Gasteiger partial charge is 0.481 e. The quantitative estimate of drug-likeness (QED) is 0.677. The highest BCUT2D eigenvalue weighted by molar-refractivity contribution is 5.66. The molecule has 3 nitrogen and oxygen atoms in total. The van der Waals surface area contributed by atoms with E-state index >= 15 is 0 Å². The number of carboxylic acids is 1. The normalized spacial score (nSPS) is 11.9. The minimum atomic E-state index is -0.682. The smallest absolute Gasteiger partial charge is 0.303 e. The van der Waals surface area contributed by atoms with Crippen molar-refractivity contribution in [1.29, 1.82) is 0 Å². The number of hydrogen-bond acceptors (Lipinski definition) is 2. The van der Waals surface area contributed by atoms with Crippen molar-refractivity contribution in [3.05, 3.63) is 0 Å². The van der Waals surface area contributed by atoms with E-state index in [0.717, 1.165) is 19.3 Å². The number of rotatable bonds is 5. The topological polar surface area (TPSA) is 57.5 Å². The SMILES string of the molecule is CC(C)C(C)O.CCCCCC(=O)O. The van der Waals surface area contributed by atoms with Crippen LogP contribution in [-0.4, -0.2) is 22.3 Å². The lowest BCUT2D eigenvalue weighted by Crippen LogP contribution is -2.07. The molecule has 1 unspecified atom stereocenters. The van der Waals surface area contributed by atoms with Crippen LogP contribution in [0.1, 0.15) is 53.4 Å². The van der Waals surface area contributed by atoms with Crippen LogP contribution in [0.4, 0.5) is 0 Å². The van der Waals surface area contributed by atoms with Crippen molar-refractivity contribution < 1.29 is 15.0 Å². The van der Waals surface area contributed by atoms with Crippen LogP contribution >= 0.6 is 0 Å². The van der Waals surface area contributed by atoms with Gasteiger partial charge in [-0.15, -0.1) is 0 Å². The molecule has 0 spiro atoms. The average molecular weight is 204 g/mol. The standard InChI is InChI=1S/C6H12O2.C5H12O/c1-2-3-4-5-6(7)8;1-4(2)5(3)6/h2-5H2,1H3,(H,7,8);4-6H,1-3H3. The molecule has 0 bridgehead atoms. The predicted molar refractivity (Wildman–Crippen MR) is 58.3 cm³/mol. The van der Waals surface area contributed by atoms with Gasteiger partial charge >= 0.3 is 5.97 Å². The minimum absolute atomic E-state index is 0.148. The maximum absolute atomic E-state index is 9.87. The van der Waals surface area contributed by atoms with Gasteiger partial charge in [0.05, 0.1) is 6.10 Å². The lowest BCUT2D eigenvalue weighted by atomic mass is 10.1. The number of aliphatic carboxylic acids is 1. The van der Waals surface area contributed by atoms with Crippen LogP contribution in [0, 0.1) is 5.92 Å². The molecular formula is C11H24O3. The Morgan fingerprint density at radius 3 is 1.86 bits per heavy atom. The van der Waals surface area contributed by atoms with Crippen molar-refractivity contribution in [3.8, 4) is 0 Å². The highest BCUT2D eigenvalue weighted by Crippen LogP contribution is 1.97. The summed E-state index contributed by atoms with van der Waals surface area (Å²) in [6.45, 7) is 7.84. The first kappa shape index (κ1) is 15.9. The lowest BCUT2D eigenvalue weighted by molar-refractivity contribution is -0.137.